The lowest BCUT2D eigenvalue weighted by Crippen LogP contribution is -2.31. The average Bonchev–Trinajstić information content (AvgIpc) is 2.66. The summed E-state index contributed by atoms with van der Waals surface area (Å²) in [6.45, 7) is 5.15. The first-order chi connectivity index (χ1) is 9.56. The Balaban J connectivity index is 2.11. The summed E-state index contributed by atoms with van der Waals surface area (Å²) in [7, 11) is 1.92. The summed E-state index contributed by atoms with van der Waals surface area (Å²) in [4.78, 5) is 0. The van der Waals surface area contributed by atoms with Crippen molar-refractivity contribution in [2.45, 2.75) is 52.4 Å². The zero-order valence-electron chi connectivity index (χ0n) is 13.0. The highest BCUT2D eigenvalue weighted by atomic mass is 35.5. The van der Waals surface area contributed by atoms with E-state index in [1.807, 2.05) is 7.05 Å². The van der Waals surface area contributed by atoms with Gasteiger partial charge in [-0.3, -0.25) is 4.68 Å². The maximum atomic E-state index is 6.39. The van der Waals surface area contributed by atoms with Crippen LogP contribution in [0.3, 0.4) is 0 Å². The van der Waals surface area contributed by atoms with Crippen LogP contribution in [0.2, 0.25) is 5.15 Å². The van der Waals surface area contributed by atoms with Crippen LogP contribution in [0.15, 0.2) is 0 Å². The molecule has 1 fully saturated rings. The Morgan fingerprint density at radius 1 is 1.35 bits per heavy atom. The van der Waals surface area contributed by atoms with Gasteiger partial charge in [0.1, 0.15) is 5.15 Å². The second kappa shape index (κ2) is 6.95. The fourth-order valence-electron chi connectivity index (χ4n) is 3.82. The van der Waals surface area contributed by atoms with Crippen LogP contribution in [0.4, 0.5) is 0 Å². The van der Waals surface area contributed by atoms with E-state index in [2.05, 4.69) is 18.9 Å². The molecule has 4 heteroatoms. The number of hydrogen-bond acceptors (Lipinski definition) is 2. The maximum Gasteiger partial charge on any atom is 0.130 e. The van der Waals surface area contributed by atoms with Gasteiger partial charge in [-0.25, -0.2) is 0 Å². The molecule has 0 saturated heterocycles. The van der Waals surface area contributed by atoms with Gasteiger partial charge in [0, 0.05) is 12.6 Å². The summed E-state index contributed by atoms with van der Waals surface area (Å²) in [6.07, 6.45) is 7.63. The monoisotopic (exact) mass is 297 g/mol. The molecule has 1 aliphatic rings. The molecule has 20 heavy (non-hydrogen) atoms. The molecule has 0 amide bonds. The number of nitrogens with two attached hydrogens (primary N) is 1. The van der Waals surface area contributed by atoms with Gasteiger partial charge in [0.25, 0.3) is 0 Å². The standard InChI is InChI=1S/C16H28ClN3/c1-4-5-12-6-7-13(10-18)14(8-12)9-15-11(2)19-20(3)16(15)17/h12-14H,4-10,18H2,1-3H3. The van der Waals surface area contributed by atoms with Crippen molar-refractivity contribution in [2.24, 2.45) is 30.5 Å². The number of nitrogens with zero attached hydrogens (tertiary/aromatic N) is 2. The van der Waals surface area contributed by atoms with Gasteiger partial charge < -0.3 is 5.73 Å². The normalized spacial score (nSPS) is 26.9. The highest BCUT2D eigenvalue weighted by Crippen LogP contribution is 2.38. The second-order valence-corrected chi connectivity index (χ2v) is 6.76. The molecule has 2 N–H and O–H groups in total. The predicted molar refractivity (Wildman–Crippen MR) is 84.9 cm³/mol. The molecule has 1 aliphatic carbocycles. The van der Waals surface area contributed by atoms with Gasteiger partial charge in [-0.1, -0.05) is 37.8 Å². The van der Waals surface area contributed by atoms with Crippen LogP contribution in [0.1, 0.15) is 50.3 Å². The third-order valence-corrected chi connectivity index (χ3v) is 5.46. The van der Waals surface area contributed by atoms with E-state index >= 15 is 0 Å². The van der Waals surface area contributed by atoms with Crippen LogP contribution in [0.25, 0.3) is 0 Å². The molecular formula is C16H28ClN3. The van der Waals surface area contributed by atoms with Crippen LogP contribution in [-0.2, 0) is 13.5 Å². The first-order valence-corrected chi connectivity index (χ1v) is 8.32. The Hall–Kier alpha value is -0.540. The predicted octanol–water partition coefficient (Wildman–Crippen LogP) is 3.72. The van der Waals surface area contributed by atoms with Gasteiger partial charge in [-0.05, 0) is 50.5 Å². The minimum Gasteiger partial charge on any atom is -0.330 e. The van der Waals surface area contributed by atoms with Crippen molar-refractivity contribution in [3.63, 3.8) is 0 Å². The molecule has 1 saturated carbocycles. The molecule has 1 heterocycles. The molecule has 0 aliphatic heterocycles. The molecule has 0 spiro atoms. The highest BCUT2D eigenvalue weighted by molar-refractivity contribution is 6.30. The van der Waals surface area contributed by atoms with Gasteiger partial charge in [-0.2, -0.15) is 5.10 Å². The van der Waals surface area contributed by atoms with Crippen molar-refractivity contribution < 1.29 is 0 Å². The minimum atomic E-state index is 0.652. The van der Waals surface area contributed by atoms with E-state index < -0.39 is 0 Å². The molecule has 114 valence electrons. The number of hydrogen-bond donors (Lipinski definition) is 1. The smallest absolute Gasteiger partial charge is 0.130 e. The van der Waals surface area contributed by atoms with E-state index in [0.717, 1.165) is 29.7 Å². The quantitative estimate of drug-likeness (QED) is 0.900. The summed E-state index contributed by atoms with van der Waals surface area (Å²) in [6, 6.07) is 0. The largest absolute Gasteiger partial charge is 0.330 e. The van der Waals surface area contributed by atoms with E-state index in [4.69, 9.17) is 17.3 Å². The maximum absolute atomic E-state index is 6.39. The summed E-state index contributed by atoms with van der Waals surface area (Å²) in [5.74, 6) is 2.20. The van der Waals surface area contributed by atoms with Crippen LogP contribution in [-0.4, -0.2) is 16.3 Å². The number of aryl methyl sites for hydroxylation is 2. The molecule has 3 unspecified atom stereocenters. The van der Waals surface area contributed by atoms with Crippen molar-refractivity contribution >= 4 is 11.6 Å². The van der Waals surface area contributed by atoms with Gasteiger partial charge in [-0.15, -0.1) is 0 Å². The van der Waals surface area contributed by atoms with Crippen LogP contribution >= 0.6 is 11.6 Å². The molecule has 1 aromatic heterocycles. The fourth-order valence-corrected chi connectivity index (χ4v) is 4.07. The fraction of sp³-hybridized carbons (Fsp3) is 0.812. The minimum absolute atomic E-state index is 0.652. The van der Waals surface area contributed by atoms with Crippen LogP contribution < -0.4 is 5.73 Å². The molecule has 0 bridgehead atoms. The van der Waals surface area contributed by atoms with E-state index in [1.54, 1.807) is 4.68 Å². The van der Waals surface area contributed by atoms with Gasteiger partial charge >= 0.3 is 0 Å². The van der Waals surface area contributed by atoms with Crippen LogP contribution in [0, 0.1) is 24.7 Å². The Labute approximate surface area is 127 Å². The lowest BCUT2D eigenvalue weighted by Gasteiger charge is -2.35. The number of rotatable bonds is 5. The van der Waals surface area contributed by atoms with Crippen molar-refractivity contribution in [1.29, 1.82) is 0 Å². The van der Waals surface area contributed by atoms with E-state index in [1.165, 1.54) is 37.7 Å². The van der Waals surface area contributed by atoms with Gasteiger partial charge in [0.15, 0.2) is 0 Å². The van der Waals surface area contributed by atoms with Crippen molar-refractivity contribution in [3.05, 3.63) is 16.4 Å². The summed E-state index contributed by atoms with van der Waals surface area (Å²) >= 11 is 6.39. The summed E-state index contributed by atoms with van der Waals surface area (Å²) in [5, 5.41) is 5.24. The lowest BCUT2D eigenvalue weighted by atomic mass is 9.70. The Morgan fingerprint density at radius 3 is 2.65 bits per heavy atom. The van der Waals surface area contributed by atoms with Gasteiger partial charge in [0.05, 0.1) is 5.69 Å². The summed E-state index contributed by atoms with van der Waals surface area (Å²) in [5.41, 5.74) is 8.30. The van der Waals surface area contributed by atoms with Gasteiger partial charge in [0.2, 0.25) is 0 Å². The molecule has 0 aromatic carbocycles. The zero-order chi connectivity index (χ0) is 14.7. The molecule has 3 nitrogen and oxygen atoms in total. The Bertz CT molecular complexity index is 441. The van der Waals surface area contributed by atoms with E-state index in [0.29, 0.717) is 11.8 Å². The molecular weight excluding hydrogens is 270 g/mol. The third kappa shape index (κ3) is 3.37. The first-order valence-electron chi connectivity index (χ1n) is 7.94. The molecule has 3 atom stereocenters. The number of halogens is 1. The Morgan fingerprint density at radius 2 is 2.10 bits per heavy atom. The highest BCUT2D eigenvalue weighted by Gasteiger charge is 2.30. The topological polar surface area (TPSA) is 43.8 Å². The van der Waals surface area contributed by atoms with Crippen LogP contribution in [0.5, 0.6) is 0 Å². The zero-order valence-corrected chi connectivity index (χ0v) is 13.8. The molecule has 1 aromatic rings. The third-order valence-electron chi connectivity index (χ3n) is 4.98. The SMILES string of the molecule is CCCC1CCC(CN)C(Cc2c(C)nn(C)c2Cl)C1. The Kier molecular flexibility index (Phi) is 5.50. The van der Waals surface area contributed by atoms with Crippen molar-refractivity contribution in [3.8, 4) is 0 Å². The van der Waals surface area contributed by atoms with Crippen molar-refractivity contribution in [2.75, 3.05) is 6.54 Å². The average molecular weight is 298 g/mol. The summed E-state index contributed by atoms with van der Waals surface area (Å²) < 4.78 is 1.79. The van der Waals surface area contributed by atoms with Crippen molar-refractivity contribution in [1.82, 2.24) is 9.78 Å². The van der Waals surface area contributed by atoms with E-state index in [-0.39, 0.29) is 0 Å². The molecule has 0 radical (unpaired) electrons. The lowest BCUT2D eigenvalue weighted by molar-refractivity contribution is 0.175. The molecule has 2 rings (SSSR count). The van der Waals surface area contributed by atoms with E-state index in [9.17, 15) is 0 Å². The first kappa shape index (κ1) is 15.8. The number of aromatic nitrogens is 2. The second-order valence-electron chi connectivity index (χ2n) is 6.41.